The Labute approximate surface area is 736 Å². The van der Waals surface area contributed by atoms with Gasteiger partial charge in [-0.25, -0.2) is 0 Å². The molecule has 0 amide bonds. The van der Waals surface area contributed by atoms with E-state index in [9.17, 15) is 0 Å². The highest BCUT2D eigenvalue weighted by atomic mass is 14.5. The molecule has 0 radical (unpaired) electrons. The summed E-state index contributed by atoms with van der Waals surface area (Å²) in [6.45, 7) is 62.9. The molecule has 0 N–H and O–H groups in total. The van der Waals surface area contributed by atoms with E-state index in [-0.39, 0.29) is 32.3 Å². The van der Waals surface area contributed by atoms with Gasteiger partial charge >= 0.3 is 0 Å². The fraction of sp³-hybridized carbons (Fsp3) is 0.288. The highest BCUT2D eigenvalue weighted by Gasteiger charge is 2.45. The van der Waals surface area contributed by atoms with Crippen molar-refractivity contribution in [1.82, 2.24) is 0 Å². The van der Waals surface area contributed by atoms with Crippen LogP contribution >= 0.6 is 0 Å². The maximum absolute atomic E-state index is 2.74. The average molecular weight is 1590 g/mol. The van der Waals surface area contributed by atoms with Gasteiger partial charge in [-0.2, -0.15) is 0 Å². The Morgan fingerprint density at radius 2 is 0.393 bits per heavy atom. The molecule has 1 aliphatic carbocycles. The second kappa shape index (κ2) is 34.6. The number of benzene rings is 14. The molecule has 14 aromatic carbocycles. The van der Waals surface area contributed by atoms with Gasteiger partial charge in [0.15, 0.2) is 0 Å². The first kappa shape index (κ1) is 86.3. The molecule has 0 bridgehead atoms. The van der Waals surface area contributed by atoms with Crippen molar-refractivity contribution < 1.29 is 0 Å². The molecule has 0 nitrogen and oxygen atoms in total. The molecule has 0 aromatic heterocycles. The summed E-state index contributed by atoms with van der Waals surface area (Å²) in [4.78, 5) is 0. The lowest BCUT2D eigenvalue weighted by molar-refractivity contribution is 0.364. The van der Waals surface area contributed by atoms with Gasteiger partial charge in [0, 0.05) is 5.41 Å². The Kier molecular flexibility index (Phi) is 24.5. The van der Waals surface area contributed by atoms with Crippen LogP contribution < -0.4 is 65.6 Å². The van der Waals surface area contributed by atoms with Crippen molar-refractivity contribution in [1.29, 1.82) is 0 Å². The molecule has 122 heavy (non-hydrogen) atoms. The van der Waals surface area contributed by atoms with Crippen LogP contribution in [0.2, 0.25) is 0 Å². The fourth-order valence-electron chi connectivity index (χ4n) is 23.3. The van der Waals surface area contributed by atoms with Crippen LogP contribution in [0.1, 0.15) is 192 Å². The van der Waals surface area contributed by atoms with Crippen LogP contribution in [0.4, 0.5) is 0 Å². The van der Waals surface area contributed by atoms with E-state index in [1.54, 1.807) is 0 Å². The van der Waals surface area contributed by atoms with Crippen LogP contribution in [-0.4, -0.2) is 26.9 Å². The Morgan fingerprint density at radius 3 is 0.607 bits per heavy atom. The van der Waals surface area contributed by atoms with Gasteiger partial charge in [-0.3, -0.25) is 0 Å². The van der Waals surface area contributed by atoms with Crippen molar-refractivity contribution in [2.45, 2.75) is 218 Å². The first-order chi connectivity index (χ1) is 58.1. The molecule has 1 aliphatic rings. The average Bonchev–Trinajstić information content (AvgIpc) is 1.54. The van der Waals surface area contributed by atoms with E-state index in [0.29, 0.717) is 11.8 Å². The Balaban J connectivity index is 1.01. The molecule has 4 heteroatoms. The van der Waals surface area contributed by atoms with Crippen molar-refractivity contribution in [3.63, 3.8) is 0 Å². The maximum Gasteiger partial charge on any atom is 0.242 e. The van der Waals surface area contributed by atoms with Crippen LogP contribution in [0.3, 0.4) is 0 Å². The van der Waals surface area contributed by atoms with Crippen LogP contribution in [0, 0.1) is 171 Å². The zero-order valence-corrected chi connectivity index (χ0v) is 78.7. The van der Waals surface area contributed by atoms with Crippen LogP contribution in [0.15, 0.2) is 224 Å². The Hall–Kier alpha value is -10.7. The molecule has 14 aromatic rings. The number of hydrogen-bond donors (Lipinski definition) is 0. The molecule has 0 unspecified atom stereocenters. The van der Waals surface area contributed by atoms with E-state index in [1.165, 1.54) is 260 Å². The third-order valence-corrected chi connectivity index (χ3v) is 28.1. The molecular formula is C118H128B4. The topological polar surface area (TPSA) is 0 Å². The predicted octanol–water partition coefficient (Wildman–Crippen LogP) is 22.7. The third-order valence-electron chi connectivity index (χ3n) is 28.1. The molecule has 0 aliphatic heterocycles. The zero-order chi connectivity index (χ0) is 87.1. The lowest BCUT2D eigenvalue weighted by Gasteiger charge is -2.35. The van der Waals surface area contributed by atoms with Gasteiger partial charge in [-0.05, 0) is 288 Å². The lowest BCUT2D eigenvalue weighted by atomic mass is 9.34. The van der Waals surface area contributed by atoms with Gasteiger partial charge in [0.1, 0.15) is 0 Å². The van der Waals surface area contributed by atoms with E-state index < -0.39 is 0 Å². The van der Waals surface area contributed by atoms with Gasteiger partial charge in [-0.15, -0.1) is 0 Å². The van der Waals surface area contributed by atoms with E-state index in [0.717, 1.165) is 25.7 Å². The van der Waals surface area contributed by atoms with Crippen molar-refractivity contribution in [3.05, 3.63) is 364 Å². The fourth-order valence-corrected chi connectivity index (χ4v) is 23.3. The molecule has 0 fully saturated rings. The van der Waals surface area contributed by atoms with Gasteiger partial charge in [0.2, 0.25) is 26.9 Å². The van der Waals surface area contributed by atoms with E-state index in [4.69, 9.17) is 0 Å². The van der Waals surface area contributed by atoms with E-state index in [1.807, 2.05) is 0 Å². The van der Waals surface area contributed by atoms with Crippen molar-refractivity contribution in [2.24, 2.45) is 11.8 Å². The van der Waals surface area contributed by atoms with Crippen LogP contribution in [0.25, 0.3) is 55.6 Å². The molecule has 0 saturated carbocycles. The van der Waals surface area contributed by atoms with Crippen LogP contribution in [0.5, 0.6) is 0 Å². The Bertz CT molecular complexity index is 6050. The summed E-state index contributed by atoms with van der Waals surface area (Å²) in [6, 6.07) is 91.3. The van der Waals surface area contributed by atoms with Gasteiger partial charge in [0.25, 0.3) is 0 Å². The standard InChI is InChI=1S/C118H128B4/c1-69(2)46-48-118(49-47-70(3)4)108-67-104(96-33-41-100(42-34-96)121(114-86(20)57-75(9)58-87(114)21)115-88(22)59-76(10)60-89(115)23)102(94-29-37-98(38-30-94)119(110-45-28-71(5)50-79(110)13)111-80(14)51-72(6)52-81(111)15)65-106(108)107-66-103(95-31-39-99(40-32-95)120(112-82(16)53-73(7)54-83(112)17)113-84(18)55-74(8)56-85(113)19)105(68-109(107)118)97-35-43-101(44-36-97)122(116-90(24)61-77(11)62-91(116)25)117-92(26)63-78(12)64-93(117)27/h28-45,50-70H,46-49H2,1-27H3. The second-order valence-electron chi connectivity index (χ2n) is 39.1. The minimum atomic E-state index is -0.324. The zero-order valence-electron chi connectivity index (χ0n) is 78.7. The summed E-state index contributed by atoms with van der Waals surface area (Å²) in [5, 5.41) is 0. The maximum atomic E-state index is 2.74. The SMILES string of the molecule is Cc1ccc(B(c2ccc(-c3cc4c(cc3-c3ccc(B(c5c(C)cc(C)cc5C)c5c(C)cc(C)cc5C)cc3)C(CCC(C)C)(CCC(C)C)c3cc(-c5ccc(B(c6c(C)cc(C)cc6C)c6c(C)cc(C)cc6C)cc5)c(-c5ccc(B(c6c(C)cc(C)cc6C)c6c(C)cc(C)cc6C)cc5)cc3-4)cc2)c2c(C)cc(C)cc2C)c(C)c1. The monoisotopic (exact) mass is 1590 g/mol. The summed E-state index contributed by atoms with van der Waals surface area (Å²) in [5.74, 6) is 0.974. The number of fused-ring (bicyclic) bond motifs is 3. The second-order valence-corrected chi connectivity index (χ2v) is 39.1. The highest BCUT2D eigenvalue weighted by Crippen LogP contribution is 2.59. The first-order valence-electron chi connectivity index (χ1n) is 45.5. The smallest absolute Gasteiger partial charge is 0.0686 e. The Morgan fingerprint density at radius 1 is 0.197 bits per heavy atom. The minimum Gasteiger partial charge on any atom is -0.0686 e. The molecule has 0 spiro atoms. The molecule has 15 rings (SSSR count). The number of rotatable bonds is 22. The number of aryl methyl sites for hydroxylation is 23. The highest BCUT2D eigenvalue weighted by molar-refractivity contribution is 6.98. The largest absolute Gasteiger partial charge is 0.242 e. The van der Waals surface area contributed by atoms with Crippen molar-refractivity contribution >= 4 is 92.4 Å². The number of hydrogen-bond acceptors (Lipinski definition) is 0. The summed E-state index contributed by atoms with van der Waals surface area (Å²) >= 11 is 0. The van der Waals surface area contributed by atoms with Crippen molar-refractivity contribution in [2.75, 3.05) is 0 Å². The molecular weight excluding hydrogens is 1460 g/mol. The summed E-state index contributed by atoms with van der Waals surface area (Å²) in [6.07, 6.45) is 4.25. The quantitative estimate of drug-likeness (QED) is 0.0593. The molecule has 0 atom stereocenters. The van der Waals surface area contributed by atoms with Crippen LogP contribution in [-0.2, 0) is 5.41 Å². The van der Waals surface area contributed by atoms with Gasteiger partial charge in [0.05, 0.1) is 0 Å². The molecule has 0 saturated heterocycles. The summed E-state index contributed by atoms with van der Waals surface area (Å²) in [7, 11) is 0. The van der Waals surface area contributed by atoms with Gasteiger partial charge in [-0.1, -0.05) is 421 Å². The lowest BCUT2D eigenvalue weighted by Crippen LogP contribution is -2.55. The first-order valence-corrected chi connectivity index (χ1v) is 45.5. The van der Waals surface area contributed by atoms with E-state index >= 15 is 0 Å². The van der Waals surface area contributed by atoms with Crippen molar-refractivity contribution in [3.8, 4) is 55.6 Å². The summed E-state index contributed by atoms with van der Waals surface area (Å²) < 4.78 is 0. The summed E-state index contributed by atoms with van der Waals surface area (Å²) in [5.41, 5.74) is 62.2. The van der Waals surface area contributed by atoms with E-state index in [2.05, 4.69) is 411 Å². The normalized spacial score (nSPS) is 12.2. The minimum absolute atomic E-state index is 0.0391. The third kappa shape index (κ3) is 16.6. The van der Waals surface area contributed by atoms with Gasteiger partial charge < -0.3 is 0 Å². The molecule has 612 valence electrons. The molecule has 0 heterocycles. The predicted molar refractivity (Wildman–Crippen MR) is 542 cm³/mol.